The van der Waals surface area contributed by atoms with Crippen LogP contribution in [0.5, 0.6) is 0 Å². The summed E-state index contributed by atoms with van der Waals surface area (Å²) < 4.78 is 4.71. The number of nitrogens with two attached hydrogens (primary N) is 2. The Morgan fingerprint density at radius 3 is 1.01 bits per heavy atom. The zero-order chi connectivity index (χ0) is 60.9. The molecule has 5 heterocycles. The Labute approximate surface area is 536 Å². The molecule has 13 rings (SSSR count). The number of benzene rings is 8. The lowest BCUT2D eigenvalue weighted by Gasteiger charge is -2.11. The molecule has 1 aliphatic rings. The van der Waals surface area contributed by atoms with Crippen molar-refractivity contribution >= 4 is 122 Å². The van der Waals surface area contributed by atoms with Crippen molar-refractivity contribution in [2.24, 2.45) is 11.5 Å². The van der Waals surface area contributed by atoms with Crippen molar-refractivity contribution in [3.63, 3.8) is 0 Å². The molecular formula is C68H60Br2Cl4N10O2. The van der Waals surface area contributed by atoms with Crippen LogP contribution in [-0.4, -0.2) is 57.9 Å². The highest BCUT2D eigenvalue weighted by Gasteiger charge is 2.18. The number of hydrogen-bond donors (Lipinski definition) is 3. The van der Waals surface area contributed by atoms with E-state index in [9.17, 15) is 0 Å². The van der Waals surface area contributed by atoms with Crippen LogP contribution < -0.4 is 11.5 Å². The summed E-state index contributed by atoms with van der Waals surface area (Å²) >= 11 is 32.1. The second-order valence-corrected chi connectivity index (χ2v) is 22.7. The van der Waals surface area contributed by atoms with Crippen molar-refractivity contribution in [1.29, 1.82) is 0 Å². The van der Waals surface area contributed by atoms with Crippen LogP contribution in [0, 0.1) is 27.7 Å². The molecular weight excluding hydrogens is 1290 g/mol. The van der Waals surface area contributed by atoms with Gasteiger partial charge in [-0.3, -0.25) is 0 Å². The highest BCUT2D eigenvalue weighted by atomic mass is 79.9. The van der Waals surface area contributed by atoms with Gasteiger partial charge in [0.25, 0.3) is 0 Å². The highest BCUT2D eigenvalue weighted by Crippen LogP contribution is 2.35. The number of fused-ring (bicyclic) bond motifs is 4. The summed E-state index contributed by atoms with van der Waals surface area (Å²) in [5.41, 5.74) is 33.4. The van der Waals surface area contributed by atoms with Crippen molar-refractivity contribution in [1.82, 2.24) is 39.9 Å². The van der Waals surface area contributed by atoms with Gasteiger partial charge in [-0.15, -0.1) is 0 Å². The number of aryl methyl sites for hydroxylation is 4. The third kappa shape index (κ3) is 15.1. The average Bonchev–Trinajstić information content (AvgIpc) is 3.83. The van der Waals surface area contributed by atoms with Gasteiger partial charge >= 0.3 is 0 Å². The Balaban J connectivity index is 0.000000132. The molecule has 12 nitrogen and oxygen atoms in total. The fraction of sp³-hybridized carbons (Fsp3) is 0.176. The number of halogens is 6. The molecule has 1 saturated heterocycles. The smallest absolute Gasteiger partial charge is 0.154 e. The molecule has 1 aliphatic heterocycles. The maximum Gasteiger partial charge on any atom is 0.154 e. The Morgan fingerprint density at radius 1 is 0.395 bits per heavy atom. The van der Waals surface area contributed by atoms with Crippen molar-refractivity contribution in [3.8, 4) is 45.0 Å². The number of alkyl halides is 2. The molecule has 5 N–H and O–H groups in total. The lowest BCUT2D eigenvalue weighted by molar-refractivity contribution is -0.0589. The fourth-order valence-corrected chi connectivity index (χ4v) is 11.2. The van der Waals surface area contributed by atoms with E-state index in [4.69, 9.17) is 97.6 Å². The van der Waals surface area contributed by atoms with Gasteiger partial charge in [-0.25, -0.2) is 39.9 Å². The summed E-state index contributed by atoms with van der Waals surface area (Å²) in [6.45, 7) is 9.53. The van der Waals surface area contributed by atoms with Gasteiger partial charge in [0.2, 0.25) is 0 Å². The van der Waals surface area contributed by atoms with Crippen LogP contribution in [0.2, 0.25) is 20.1 Å². The number of aliphatic hydroxyl groups excluding tert-OH is 1. The molecule has 436 valence electrons. The highest BCUT2D eigenvalue weighted by molar-refractivity contribution is 9.08. The zero-order valence-corrected chi connectivity index (χ0v) is 53.7. The summed E-state index contributed by atoms with van der Waals surface area (Å²) in [5, 5.41) is 12.5. The van der Waals surface area contributed by atoms with Crippen LogP contribution >= 0.6 is 78.3 Å². The zero-order valence-electron chi connectivity index (χ0n) is 47.5. The van der Waals surface area contributed by atoms with Crippen LogP contribution in [0.3, 0.4) is 0 Å². The average molecular weight is 1350 g/mol. The monoisotopic (exact) mass is 1350 g/mol. The van der Waals surface area contributed by atoms with E-state index < -0.39 is 6.29 Å². The van der Waals surface area contributed by atoms with Crippen LogP contribution in [-0.2, 0) is 28.5 Å². The molecule has 1 unspecified atom stereocenters. The third-order valence-corrected chi connectivity index (χ3v) is 16.3. The number of nitrogens with zero attached hydrogens (tertiary/aromatic N) is 8. The molecule has 1 atom stereocenters. The fourth-order valence-electron chi connectivity index (χ4n) is 9.52. The van der Waals surface area contributed by atoms with Crippen molar-refractivity contribution in [2.75, 3.05) is 6.61 Å². The van der Waals surface area contributed by atoms with E-state index in [0.29, 0.717) is 43.8 Å². The van der Waals surface area contributed by atoms with E-state index in [1.165, 1.54) is 0 Å². The lowest BCUT2D eigenvalue weighted by atomic mass is 10.1. The number of para-hydroxylation sites is 4. The minimum Gasteiger partial charge on any atom is -0.368 e. The maximum absolute atomic E-state index is 8.51. The number of aliphatic hydroxyl groups is 1. The molecule has 0 aliphatic carbocycles. The Hall–Kier alpha value is -6.92. The Kier molecular flexibility index (Phi) is 22.3. The molecule has 86 heavy (non-hydrogen) atoms. The van der Waals surface area contributed by atoms with Gasteiger partial charge < -0.3 is 21.3 Å². The van der Waals surface area contributed by atoms with Crippen LogP contribution in [0.1, 0.15) is 57.9 Å². The standard InChI is InChI=1S/2C16H12BrClN2.2C16H14ClN3.C4H8O2/c1-10-5-4-8-13-15(10)20-14(9-17)16(19-13)11-6-2-3-7-12(11)18;1-10-5-4-8-13-15(10)20-16(14(9-17)19-13)11-6-2-3-7-12(11)18;1-10-5-4-8-13-15(10)20-14(9-18)16(19-13)11-6-2-3-7-12(11)17;1-10-5-4-8-13-15(10)20-16(14(9-18)19-13)11-6-2-3-7-12(11)17;5-4-2-1-3-6-4/h2*2-8H,9H2,1H3;2*2-8H,9,18H2,1H3;4-5H,1-3H2. The summed E-state index contributed by atoms with van der Waals surface area (Å²) in [7, 11) is 0. The van der Waals surface area contributed by atoms with Crippen LogP contribution in [0.15, 0.2) is 170 Å². The molecule has 1 fully saturated rings. The minimum atomic E-state index is -0.454. The Morgan fingerprint density at radius 2 is 0.686 bits per heavy atom. The molecule has 12 aromatic rings. The van der Waals surface area contributed by atoms with Crippen molar-refractivity contribution < 1.29 is 9.84 Å². The first kappa shape index (κ1) is 63.6. The molecule has 8 aromatic carbocycles. The van der Waals surface area contributed by atoms with Gasteiger partial charge in [0.05, 0.1) is 110 Å². The lowest BCUT2D eigenvalue weighted by Crippen LogP contribution is -2.05. The van der Waals surface area contributed by atoms with Gasteiger partial charge in [0.15, 0.2) is 6.29 Å². The van der Waals surface area contributed by atoms with Crippen LogP contribution in [0.4, 0.5) is 0 Å². The minimum absolute atomic E-state index is 0.331. The van der Waals surface area contributed by atoms with Gasteiger partial charge in [-0.1, -0.05) is 200 Å². The largest absolute Gasteiger partial charge is 0.368 e. The number of ether oxygens (including phenoxy) is 1. The molecule has 0 amide bonds. The van der Waals surface area contributed by atoms with Crippen molar-refractivity contribution in [3.05, 3.63) is 235 Å². The summed E-state index contributed by atoms with van der Waals surface area (Å²) in [5.74, 6) is 0. The predicted octanol–water partition coefficient (Wildman–Crippen LogP) is 17.9. The third-order valence-electron chi connectivity index (χ3n) is 13.9. The van der Waals surface area contributed by atoms with Gasteiger partial charge in [-0.05, 0) is 105 Å². The van der Waals surface area contributed by atoms with E-state index in [1.54, 1.807) is 0 Å². The summed E-state index contributed by atoms with van der Waals surface area (Å²) in [6, 6.07) is 54.6. The van der Waals surface area contributed by atoms with E-state index in [2.05, 4.69) is 41.8 Å². The molecule has 0 bridgehead atoms. The van der Waals surface area contributed by atoms with E-state index >= 15 is 0 Å². The first-order chi connectivity index (χ1) is 41.7. The normalized spacial score (nSPS) is 12.6. The number of hydrogen-bond acceptors (Lipinski definition) is 12. The topological polar surface area (TPSA) is 185 Å². The van der Waals surface area contributed by atoms with E-state index in [1.807, 2.05) is 198 Å². The second-order valence-electron chi connectivity index (χ2n) is 19.9. The van der Waals surface area contributed by atoms with Gasteiger partial charge in [0.1, 0.15) is 0 Å². The summed E-state index contributed by atoms with van der Waals surface area (Å²) in [4.78, 5) is 37.8. The number of aromatic nitrogens is 8. The maximum atomic E-state index is 8.51. The number of rotatable bonds is 8. The first-order valence-electron chi connectivity index (χ1n) is 27.6. The predicted molar refractivity (Wildman–Crippen MR) is 361 cm³/mol. The van der Waals surface area contributed by atoms with E-state index in [0.717, 1.165) is 154 Å². The Bertz CT molecular complexity index is 4090. The molecule has 4 aromatic heterocycles. The molecule has 18 heteroatoms. The van der Waals surface area contributed by atoms with E-state index in [-0.39, 0.29) is 0 Å². The summed E-state index contributed by atoms with van der Waals surface area (Å²) in [6.07, 6.45) is 1.38. The first-order valence-corrected chi connectivity index (χ1v) is 31.3. The van der Waals surface area contributed by atoms with Crippen LogP contribution in [0.25, 0.3) is 89.2 Å². The molecule has 0 radical (unpaired) electrons. The van der Waals surface area contributed by atoms with Crippen molar-refractivity contribution in [2.45, 2.75) is 70.6 Å². The van der Waals surface area contributed by atoms with Gasteiger partial charge in [-0.2, -0.15) is 0 Å². The quantitative estimate of drug-likeness (QED) is 0.123. The SMILES string of the molecule is Cc1cccc2nc(-c3ccccc3Cl)c(CBr)nc12.Cc1cccc2nc(-c3ccccc3Cl)c(CN)nc12.Cc1cccc2nc(CBr)c(-c3ccccc3Cl)nc12.Cc1cccc2nc(CN)c(-c3ccccc3Cl)nc12.OC1CCCO1. The van der Waals surface area contributed by atoms with Gasteiger partial charge in [0, 0.05) is 59.0 Å². The molecule has 0 saturated carbocycles. The molecule has 0 spiro atoms. The second kappa shape index (κ2) is 30.1.